The minimum absolute atomic E-state index is 0.0664. The van der Waals surface area contributed by atoms with Crippen LogP contribution in [0.1, 0.15) is 13.8 Å². The lowest BCUT2D eigenvalue weighted by Crippen LogP contribution is -2.47. The van der Waals surface area contributed by atoms with Crippen molar-refractivity contribution >= 4 is 5.91 Å². The van der Waals surface area contributed by atoms with Gasteiger partial charge >= 0.3 is 0 Å². The maximum atomic E-state index is 11.6. The van der Waals surface area contributed by atoms with Crippen molar-refractivity contribution in [2.24, 2.45) is 11.3 Å². The highest BCUT2D eigenvalue weighted by molar-refractivity contribution is 5.81. The van der Waals surface area contributed by atoms with Crippen molar-refractivity contribution in [2.45, 2.75) is 26.1 Å². The largest absolute Gasteiger partial charge is 0.377 e. The molecular weight excluding hydrogens is 222 g/mol. The summed E-state index contributed by atoms with van der Waals surface area (Å²) in [5.74, 6) is 5.01. The molecule has 0 saturated carbocycles. The van der Waals surface area contributed by atoms with E-state index >= 15 is 0 Å². The highest BCUT2D eigenvalue weighted by Crippen LogP contribution is 2.22. The van der Waals surface area contributed by atoms with Crippen LogP contribution in [-0.4, -0.2) is 56.9 Å². The van der Waals surface area contributed by atoms with Gasteiger partial charge in [-0.05, 0) is 13.8 Å². The lowest BCUT2D eigenvalue weighted by atomic mass is 9.92. The van der Waals surface area contributed by atoms with Crippen molar-refractivity contribution in [1.29, 1.82) is 0 Å². The van der Waals surface area contributed by atoms with Gasteiger partial charge in [-0.2, -0.15) is 0 Å². The number of carbonyl (C=O) groups is 1. The molecule has 1 amide bonds. The molecule has 1 heterocycles. The molecule has 0 bridgehead atoms. The zero-order valence-electron chi connectivity index (χ0n) is 11.0. The first-order valence-electron chi connectivity index (χ1n) is 5.73. The van der Waals surface area contributed by atoms with Gasteiger partial charge < -0.3 is 9.47 Å². The van der Waals surface area contributed by atoms with E-state index in [4.69, 9.17) is 15.3 Å². The SMILES string of the molecule is COC1CN(CC(C)(C)C(=O)NN)CC1OC. The Morgan fingerprint density at radius 1 is 1.35 bits per heavy atom. The highest BCUT2D eigenvalue weighted by atomic mass is 16.5. The molecule has 1 saturated heterocycles. The predicted octanol–water partition coefficient (Wildman–Crippen LogP) is -0.652. The molecule has 1 rings (SSSR count). The van der Waals surface area contributed by atoms with Gasteiger partial charge in [0.2, 0.25) is 5.91 Å². The molecular formula is C11H23N3O3. The summed E-state index contributed by atoms with van der Waals surface area (Å²) in [6.45, 7) is 5.93. The molecule has 0 aromatic heterocycles. The number of nitrogens with two attached hydrogens (primary N) is 1. The molecule has 0 aromatic rings. The Bertz CT molecular complexity index is 259. The summed E-state index contributed by atoms with van der Waals surface area (Å²) in [7, 11) is 3.36. The first-order chi connectivity index (χ1) is 7.94. The van der Waals surface area contributed by atoms with E-state index in [1.165, 1.54) is 0 Å². The number of rotatable bonds is 5. The van der Waals surface area contributed by atoms with Crippen LogP contribution in [0.3, 0.4) is 0 Å². The van der Waals surface area contributed by atoms with E-state index in [0.717, 1.165) is 13.1 Å². The van der Waals surface area contributed by atoms with Crippen LogP contribution >= 0.6 is 0 Å². The highest BCUT2D eigenvalue weighted by Gasteiger charge is 2.37. The van der Waals surface area contributed by atoms with Crippen LogP contribution in [-0.2, 0) is 14.3 Å². The number of carbonyl (C=O) groups excluding carboxylic acids is 1. The van der Waals surface area contributed by atoms with Gasteiger partial charge in [-0.15, -0.1) is 0 Å². The summed E-state index contributed by atoms with van der Waals surface area (Å²) in [6.07, 6.45) is 0.133. The predicted molar refractivity (Wildman–Crippen MR) is 64.1 cm³/mol. The maximum Gasteiger partial charge on any atom is 0.240 e. The average Bonchev–Trinajstić information content (AvgIpc) is 2.69. The number of likely N-dealkylation sites (tertiary alicyclic amines) is 1. The van der Waals surface area contributed by atoms with E-state index in [1.807, 2.05) is 13.8 Å². The number of nitrogens with one attached hydrogen (secondary N) is 1. The number of methoxy groups -OCH3 is 2. The minimum Gasteiger partial charge on any atom is -0.377 e. The van der Waals surface area contributed by atoms with E-state index in [1.54, 1.807) is 14.2 Å². The number of hydrogen-bond acceptors (Lipinski definition) is 5. The van der Waals surface area contributed by atoms with Crippen molar-refractivity contribution in [3.63, 3.8) is 0 Å². The fraction of sp³-hybridized carbons (Fsp3) is 0.909. The first-order valence-corrected chi connectivity index (χ1v) is 5.73. The van der Waals surface area contributed by atoms with E-state index in [-0.39, 0.29) is 18.1 Å². The molecule has 17 heavy (non-hydrogen) atoms. The Morgan fingerprint density at radius 2 is 1.82 bits per heavy atom. The molecule has 2 unspecified atom stereocenters. The molecule has 0 aliphatic carbocycles. The summed E-state index contributed by atoms with van der Waals surface area (Å²) < 4.78 is 10.7. The molecule has 6 nitrogen and oxygen atoms in total. The molecule has 0 radical (unpaired) electrons. The second-order valence-electron chi connectivity index (χ2n) is 5.10. The van der Waals surface area contributed by atoms with Crippen molar-refractivity contribution in [2.75, 3.05) is 33.9 Å². The molecule has 2 atom stereocenters. The molecule has 0 aromatic carbocycles. The van der Waals surface area contributed by atoms with Gasteiger partial charge in [0.25, 0.3) is 0 Å². The summed E-state index contributed by atoms with van der Waals surface area (Å²) in [5, 5.41) is 0. The van der Waals surface area contributed by atoms with E-state index in [9.17, 15) is 4.79 Å². The topological polar surface area (TPSA) is 76.8 Å². The lowest BCUT2D eigenvalue weighted by molar-refractivity contribution is -0.130. The van der Waals surface area contributed by atoms with E-state index < -0.39 is 5.41 Å². The van der Waals surface area contributed by atoms with Gasteiger partial charge in [0, 0.05) is 33.9 Å². The van der Waals surface area contributed by atoms with Crippen LogP contribution in [0.4, 0.5) is 0 Å². The summed E-state index contributed by atoms with van der Waals surface area (Å²) in [6, 6.07) is 0. The van der Waals surface area contributed by atoms with Crippen LogP contribution in [0.15, 0.2) is 0 Å². The third-order valence-corrected chi connectivity index (χ3v) is 3.26. The molecule has 6 heteroatoms. The van der Waals surface area contributed by atoms with Crippen molar-refractivity contribution < 1.29 is 14.3 Å². The van der Waals surface area contributed by atoms with Crippen LogP contribution in [0.2, 0.25) is 0 Å². The third kappa shape index (κ3) is 3.38. The Kier molecular flexibility index (Phi) is 4.88. The van der Waals surface area contributed by atoms with Gasteiger partial charge in [-0.25, -0.2) is 5.84 Å². The lowest BCUT2D eigenvalue weighted by Gasteiger charge is -2.28. The smallest absolute Gasteiger partial charge is 0.240 e. The molecule has 1 fully saturated rings. The average molecular weight is 245 g/mol. The number of amides is 1. The van der Waals surface area contributed by atoms with E-state index in [0.29, 0.717) is 6.54 Å². The number of hydrogen-bond donors (Lipinski definition) is 2. The van der Waals surface area contributed by atoms with Gasteiger partial charge in [0.05, 0.1) is 17.6 Å². The van der Waals surface area contributed by atoms with Gasteiger partial charge in [-0.1, -0.05) is 0 Å². The van der Waals surface area contributed by atoms with Crippen molar-refractivity contribution in [3.8, 4) is 0 Å². The molecule has 0 spiro atoms. The minimum atomic E-state index is -0.518. The van der Waals surface area contributed by atoms with Gasteiger partial charge in [0.15, 0.2) is 0 Å². The number of ether oxygens (including phenoxy) is 2. The zero-order valence-corrected chi connectivity index (χ0v) is 11.0. The second kappa shape index (κ2) is 5.77. The summed E-state index contributed by atoms with van der Waals surface area (Å²) in [5.41, 5.74) is 1.68. The standard InChI is InChI=1S/C11H23N3O3/c1-11(2,10(15)13-12)7-14-5-8(16-3)9(6-14)17-4/h8-9H,5-7,12H2,1-4H3,(H,13,15). The first kappa shape index (κ1) is 14.4. The normalized spacial score (nSPS) is 26.2. The van der Waals surface area contributed by atoms with Gasteiger partial charge in [-0.3, -0.25) is 15.1 Å². The Hall–Kier alpha value is -0.690. The Labute approximate surface area is 102 Å². The summed E-state index contributed by atoms with van der Waals surface area (Å²) >= 11 is 0. The number of hydrazine groups is 1. The summed E-state index contributed by atoms with van der Waals surface area (Å²) in [4.78, 5) is 13.8. The Balaban J connectivity index is 2.57. The molecule has 3 N–H and O–H groups in total. The van der Waals surface area contributed by atoms with Crippen LogP contribution < -0.4 is 11.3 Å². The number of nitrogens with zero attached hydrogens (tertiary/aromatic N) is 1. The maximum absolute atomic E-state index is 11.6. The van der Waals surface area contributed by atoms with Crippen LogP contribution in [0.5, 0.6) is 0 Å². The molecule has 100 valence electrons. The molecule has 1 aliphatic heterocycles. The molecule has 1 aliphatic rings. The van der Waals surface area contributed by atoms with Crippen molar-refractivity contribution in [3.05, 3.63) is 0 Å². The van der Waals surface area contributed by atoms with Crippen LogP contribution in [0, 0.1) is 5.41 Å². The quantitative estimate of drug-likeness (QED) is 0.382. The van der Waals surface area contributed by atoms with Crippen LogP contribution in [0.25, 0.3) is 0 Å². The zero-order chi connectivity index (χ0) is 13.1. The Morgan fingerprint density at radius 3 is 2.18 bits per heavy atom. The second-order valence-corrected chi connectivity index (χ2v) is 5.10. The van der Waals surface area contributed by atoms with E-state index in [2.05, 4.69) is 10.3 Å². The fourth-order valence-corrected chi connectivity index (χ4v) is 2.23. The van der Waals surface area contributed by atoms with Gasteiger partial charge in [0.1, 0.15) is 0 Å². The third-order valence-electron chi connectivity index (χ3n) is 3.26. The van der Waals surface area contributed by atoms with Crippen molar-refractivity contribution in [1.82, 2.24) is 10.3 Å². The fourth-order valence-electron chi connectivity index (χ4n) is 2.23. The monoisotopic (exact) mass is 245 g/mol.